The molecule has 0 aliphatic carbocycles. The lowest BCUT2D eigenvalue weighted by Gasteiger charge is -2.21. The van der Waals surface area contributed by atoms with E-state index in [0.717, 1.165) is 0 Å². The van der Waals surface area contributed by atoms with Crippen molar-refractivity contribution >= 4 is 16.9 Å². The van der Waals surface area contributed by atoms with Crippen molar-refractivity contribution in [3.8, 4) is 0 Å². The van der Waals surface area contributed by atoms with Gasteiger partial charge in [-0.3, -0.25) is 9.52 Å². The molecule has 1 amide bonds. The monoisotopic (exact) mass is 189 g/mol. The maximum absolute atomic E-state index is 11.4. The lowest BCUT2D eigenvalue weighted by Crippen LogP contribution is -2.39. The Kier molecular flexibility index (Phi) is 2.52. The van der Waals surface area contributed by atoms with Gasteiger partial charge >= 0.3 is 0 Å². The topological polar surface area (TPSA) is 55.4 Å². The number of hydrogen-bond donors (Lipinski definition) is 1. The molecule has 5 heteroatoms. The van der Waals surface area contributed by atoms with Gasteiger partial charge in [0.25, 0.3) is 0 Å². The molecule has 0 radical (unpaired) electrons. The molecule has 1 heterocycles. The fourth-order valence-corrected chi connectivity index (χ4v) is 1.73. The van der Waals surface area contributed by atoms with Crippen LogP contribution in [0.1, 0.15) is 20.3 Å². The normalized spacial score (nSPS) is 29.5. The van der Waals surface area contributed by atoms with Gasteiger partial charge in [0.05, 0.1) is 6.26 Å². The van der Waals surface area contributed by atoms with Gasteiger partial charge in [-0.1, -0.05) is 0 Å². The molecule has 2 atom stereocenters. The van der Waals surface area contributed by atoms with Crippen LogP contribution in [0.15, 0.2) is 12.3 Å². The predicted molar refractivity (Wildman–Crippen MR) is 45.2 cm³/mol. The molecule has 68 valence electrons. The molecule has 1 aliphatic rings. The Labute approximate surface area is 73.6 Å². The van der Waals surface area contributed by atoms with Crippen LogP contribution < -0.4 is 4.72 Å². The van der Waals surface area contributed by atoms with E-state index in [1.54, 1.807) is 13.0 Å². The molecular weight excluding hydrogens is 178 g/mol. The SMILES string of the molecule is CC(=O)NS(=O)C1(C)CC=CO1. The smallest absolute Gasteiger partial charge is 0.228 e. The minimum Gasteiger partial charge on any atom is -0.480 e. The molecule has 4 nitrogen and oxygen atoms in total. The Hall–Kier alpha value is -0.840. The van der Waals surface area contributed by atoms with E-state index in [4.69, 9.17) is 4.74 Å². The highest BCUT2D eigenvalue weighted by molar-refractivity contribution is 7.84. The van der Waals surface area contributed by atoms with Crippen molar-refractivity contribution in [3.05, 3.63) is 12.3 Å². The Morgan fingerprint density at radius 2 is 2.42 bits per heavy atom. The predicted octanol–water partition coefficient (Wildman–Crippen LogP) is 0.436. The van der Waals surface area contributed by atoms with Crippen LogP contribution in [0.3, 0.4) is 0 Å². The summed E-state index contributed by atoms with van der Waals surface area (Å²) in [5.41, 5.74) is 0. The highest BCUT2D eigenvalue weighted by Crippen LogP contribution is 2.25. The van der Waals surface area contributed by atoms with Crippen LogP contribution in [0, 0.1) is 0 Å². The van der Waals surface area contributed by atoms with Crippen LogP contribution in [0.5, 0.6) is 0 Å². The number of rotatable bonds is 2. The Morgan fingerprint density at radius 3 is 2.83 bits per heavy atom. The summed E-state index contributed by atoms with van der Waals surface area (Å²) in [4.78, 5) is 9.79. The quantitative estimate of drug-likeness (QED) is 0.685. The third-order valence-electron chi connectivity index (χ3n) is 1.53. The van der Waals surface area contributed by atoms with Crippen molar-refractivity contribution in [2.45, 2.75) is 25.2 Å². The largest absolute Gasteiger partial charge is 0.480 e. The van der Waals surface area contributed by atoms with Gasteiger partial charge in [0.2, 0.25) is 10.8 Å². The standard InChI is InChI=1S/C7H11NO3S/c1-6(9)8-12(10)7(2)4-3-5-11-7/h3,5H,4H2,1-2H3,(H,8,9). The van der Waals surface area contributed by atoms with Crippen LogP contribution in [-0.2, 0) is 20.5 Å². The Morgan fingerprint density at radius 1 is 1.75 bits per heavy atom. The molecule has 1 aliphatic heterocycles. The number of carbonyl (C=O) groups excluding carboxylic acids is 1. The van der Waals surface area contributed by atoms with Gasteiger partial charge in [-0.25, -0.2) is 4.21 Å². The summed E-state index contributed by atoms with van der Waals surface area (Å²) in [6.07, 6.45) is 3.83. The van der Waals surface area contributed by atoms with Gasteiger partial charge in [-0.2, -0.15) is 0 Å². The van der Waals surface area contributed by atoms with Crippen molar-refractivity contribution in [1.82, 2.24) is 4.72 Å². The summed E-state index contributed by atoms with van der Waals surface area (Å²) in [5, 5.41) is 0. The van der Waals surface area contributed by atoms with Crippen molar-refractivity contribution in [3.63, 3.8) is 0 Å². The zero-order chi connectivity index (χ0) is 9.19. The van der Waals surface area contributed by atoms with Crippen LogP contribution in [0.25, 0.3) is 0 Å². The number of ether oxygens (including phenoxy) is 1. The van der Waals surface area contributed by atoms with E-state index >= 15 is 0 Å². The number of carbonyl (C=O) groups is 1. The first-order valence-corrected chi connectivity index (χ1v) is 4.71. The second kappa shape index (κ2) is 3.26. The van der Waals surface area contributed by atoms with Crippen LogP contribution in [0.2, 0.25) is 0 Å². The van der Waals surface area contributed by atoms with Gasteiger partial charge in [-0.15, -0.1) is 0 Å². The van der Waals surface area contributed by atoms with E-state index in [-0.39, 0.29) is 5.91 Å². The van der Waals surface area contributed by atoms with Crippen molar-refractivity contribution < 1.29 is 13.7 Å². The number of nitrogens with one attached hydrogen (secondary N) is 1. The van der Waals surface area contributed by atoms with E-state index in [1.165, 1.54) is 13.2 Å². The van der Waals surface area contributed by atoms with E-state index in [1.807, 2.05) is 0 Å². The first kappa shape index (κ1) is 9.25. The fraction of sp³-hybridized carbons (Fsp3) is 0.571. The van der Waals surface area contributed by atoms with Gasteiger partial charge in [-0.05, 0) is 13.0 Å². The van der Waals surface area contributed by atoms with Crippen LogP contribution in [0.4, 0.5) is 0 Å². The molecule has 0 aromatic rings. The van der Waals surface area contributed by atoms with Crippen LogP contribution in [-0.4, -0.2) is 15.0 Å². The molecule has 2 unspecified atom stereocenters. The van der Waals surface area contributed by atoms with Crippen molar-refractivity contribution in [1.29, 1.82) is 0 Å². The molecule has 0 saturated carbocycles. The lowest BCUT2D eigenvalue weighted by atomic mass is 10.3. The zero-order valence-corrected chi connectivity index (χ0v) is 7.81. The molecule has 0 saturated heterocycles. The molecule has 1 N–H and O–H groups in total. The highest BCUT2D eigenvalue weighted by Gasteiger charge is 2.35. The summed E-state index contributed by atoms with van der Waals surface area (Å²) in [6.45, 7) is 3.02. The summed E-state index contributed by atoms with van der Waals surface area (Å²) < 4.78 is 18.8. The third kappa shape index (κ3) is 1.85. The first-order chi connectivity index (χ1) is 5.54. The average Bonchev–Trinajstić information content (AvgIpc) is 2.36. The molecule has 12 heavy (non-hydrogen) atoms. The van der Waals surface area contributed by atoms with E-state index in [9.17, 15) is 9.00 Å². The molecule has 1 rings (SSSR count). The van der Waals surface area contributed by atoms with Gasteiger partial charge < -0.3 is 4.74 Å². The Balaban J connectivity index is 2.57. The van der Waals surface area contributed by atoms with Crippen molar-refractivity contribution in [2.24, 2.45) is 0 Å². The van der Waals surface area contributed by atoms with Gasteiger partial charge in [0.1, 0.15) is 0 Å². The molecule has 0 bridgehead atoms. The molecular formula is C7H11NO3S. The molecule has 0 aromatic heterocycles. The minimum absolute atomic E-state index is 0.315. The Bertz CT molecular complexity index is 241. The summed E-state index contributed by atoms with van der Waals surface area (Å²) in [5.74, 6) is -0.315. The summed E-state index contributed by atoms with van der Waals surface area (Å²) in [7, 11) is -1.48. The van der Waals surface area contributed by atoms with E-state index < -0.39 is 15.9 Å². The number of hydrogen-bond acceptors (Lipinski definition) is 3. The van der Waals surface area contributed by atoms with Crippen molar-refractivity contribution in [2.75, 3.05) is 0 Å². The summed E-state index contributed by atoms with van der Waals surface area (Å²) >= 11 is 0. The minimum atomic E-state index is -1.48. The highest BCUT2D eigenvalue weighted by atomic mass is 32.2. The van der Waals surface area contributed by atoms with E-state index in [2.05, 4.69) is 4.72 Å². The van der Waals surface area contributed by atoms with E-state index in [0.29, 0.717) is 6.42 Å². The second-order valence-corrected chi connectivity index (χ2v) is 4.36. The summed E-state index contributed by atoms with van der Waals surface area (Å²) in [6, 6.07) is 0. The molecule has 0 fully saturated rings. The maximum Gasteiger partial charge on any atom is 0.228 e. The zero-order valence-electron chi connectivity index (χ0n) is 6.99. The van der Waals surface area contributed by atoms with Gasteiger partial charge in [0, 0.05) is 13.3 Å². The maximum atomic E-state index is 11.4. The molecule has 0 aromatic carbocycles. The fourth-order valence-electron chi connectivity index (χ4n) is 0.860. The lowest BCUT2D eigenvalue weighted by molar-refractivity contribution is -0.117. The second-order valence-electron chi connectivity index (χ2n) is 2.75. The molecule has 0 spiro atoms. The van der Waals surface area contributed by atoms with Crippen LogP contribution >= 0.6 is 0 Å². The third-order valence-corrected chi connectivity index (χ3v) is 3.05. The first-order valence-electron chi connectivity index (χ1n) is 3.56. The number of amides is 1. The van der Waals surface area contributed by atoms with Gasteiger partial charge in [0.15, 0.2) is 11.0 Å². The average molecular weight is 189 g/mol.